The van der Waals surface area contributed by atoms with Gasteiger partial charge >= 0.3 is 5.97 Å². The highest BCUT2D eigenvalue weighted by atomic mass is 32.1. The van der Waals surface area contributed by atoms with Crippen LogP contribution >= 0.6 is 11.3 Å². The van der Waals surface area contributed by atoms with Gasteiger partial charge < -0.3 is 19.2 Å². The second-order valence-corrected chi connectivity index (χ2v) is 11.5. The van der Waals surface area contributed by atoms with Crippen LogP contribution in [0.3, 0.4) is 0 Å². The lowest BCUT2D eigenvalue weighted by atomic mass is 9.73. The standard InChI is InChI=1S/C33H29NO6S/c1-18-6-11-27-23(13-18)32(36)24(17-39-27)30-29(33(37)40-16-20-7-9-22(38-3)10-8-20)19(2)34-25-14-21(15-26(35)31(25)30)28-5-4-12-41-28/h4-13,17,21,30,34H,14-16H2,1-3H3/t21-,30-/m1/s1. The highest BCUT2D eigenvalue weighted by molar-refractivity contribution is 7.10. The largest absolute Gasteiger partial charge is 0.497 e. The van der Waals surface area contributed by atoms with E-state index >= 15 is 0 Å². The zero-order valence-electron chi connectivity index (χ0n) is 23.0. The van der Waals surface area contributed by atoms with Gasteiger partial charge in [-0.15, -0.1) is 11.3 Å². The number of ether oxygens (including phenoxy) is 2. The summed E-state index contributed by atoms with van der Waals surface area (Å²) in [6.45, 7) is 3.71. The highest BCUT2D eigenvalue weighted by Gasteiger charge is 2.43. The van der Waals surface area contributed by atoms with Crippen molar-refractivity contribution in [3.05, 3.63) is 121 Å². The molecule has 0 saturated carbocycles. The molecule has 0 radical (unpaired) electrons. The minimum Gasteiger partial charge on any atom is -0.497 e. The lowest BCUT2D eigenvalue weighted by Crippen LogP contribution is -2.37. The van der Waals surface area contributed by atoms with Gasteiger partial charge in [-0.2, -0.15) is 0 Å². The van der Waals surface area contributed by atoms with E-state index in [1.54, 1.807) is 49.6 Å². The van der Waals surface area contributed by atoms with Gasteiger partial charge in [-0.1, -0.05) is 29.8 Å². The predicted molar refractivity (Wildman–Crippen MR) is 157 cm³/mol. The van der Waals surface area contributed by atoms with E-state index in [4.69, 9.17) is 13.9 Å². The van der Waals surface area contributed by atoms with Gasteiger partial charge in [-0.25, -0.2) is 4.79 Å². The van der Waals surface area contributed by atoms with Gasteiger partial charge in [0.05, 0.1) is 30.3 Å². The van der Waals surface area contributed by atoms with Crippen LogP contribution < -0.4 is 15.5 Å². The minimum absolute atomic E-state index is 0.0259. The number of rotatable bonds is 6. The maximum Gasteiger partial charge on any atom is 0.337 e. The van der Waals surface area contributed by atoms with E-state index in [1.807, 2.05) is 42.6 Å². The number of carbonyl (C=O) groups excluding carboxylic acids is 2. The first-order valence-corrected chi connectivity index (χ1v) is 14.3. The first-order chi connectivity index (χ1) is 19.8. The van der Waals surface area contributed by atoms with Crippen molar-refractivity contribution in [3.8, 4) is 5.75 Å². The van der Waals surface area contributed by atoms with Crippen LogP contribution in [0, 0.1) is 6.92 Å². The molecule has 0 unspecified atom stereocenters. The monoisotopic (exact) mass is 567 g/mol. The molecule has 0 saturated heterocycles. The third-order valence-electron chi connectivity index (χ3n) is 7.79. The number of dihydropyridines is 1. The van der Waals surface area contributed by atoms with E-state index in [0.29, 0.717) is 40.8 Å². The number of fused-ring (bicyclic) bond motifs is 1. The first-order valence-electron chi connectivity index (χ1n) is 13.4. The number of nitrogens with one attached hydrogen (secondary N) is 1. The Hall–Kier alpha value is -4.43. The molecule has 2 atom stereocenters. The van der Waals surface area contributed by atoms with Gasteiger partial charge in [-0.05, 0) is 61.5 Å². The Balaban J connectivity index is 1.43. The lowest BCUT2D eigenvalue weighted by molar-refractivity contribution is -0.140. The normalized spacial score (nSPS) is 18.8. The Kier molecular flexibility index (Phi) is 7.09. The number of esters is 1. The SMILES string of the molecule is COc1ccc(COC(=O)C2=C(C)NC3=C(C(=O)C[C@H](c4cccs4)C3)[C@@H]2c2coc3ccc(C)cc3c2=O)cc1. The van der Waals surface area contributed by atoms with Gasteiger partial charge in [0, 0.05) is 39.7 Å². The lowest BCUT2D eigenvalue weighted by Gasteiger charge is -2.36. The molecule has 8 heteroatoms. The molecule has 3 heterocycles. The molecule has 0 fully saturated rings. The van der Waals surface area contributed by atoms with Crippen LogP contribution in [0.2, 0.25) is 0 Å². The smallest absolute Gasteiger partial charge is 0.337 e. The summed E-state index contributed by atoms with van der Waals surface area (Å²) in [5.74, 6) is -0.878. The molecular formula is C33H29NO6S. The van der Waals surface area contributed by atoms with Crippen molar-refractivity contribution >= 4 is 34.1 Å². The maximum atomic E-state index is 13.9. The van der Waals surface area contributed by atoms with Crippen molar-refractivity contribution in [1.29, 1.82) is 0 Å². The summed E-state index contributed by atoms with van der Waals surface area (Å²) in [6, 6.07) is 16.7. The molecule has 2 aromatic heterocycles. The van der Waals surface area contributed by atoms with E-state index in [0.717, 1.165) is 21.7 Å². The summed E-state index contributed by atoms with van der Waals surface area (Å²) in [6.07, 6.45) is 2.29. The molecule has 7 nitrogen and oxygen atoms in total. The summed E-state index contributed by atoms with van der Waals surface area (Å²) >= 11 is 1.62. The highest BCUT2D eigenvalue weighted by Crippen LogP contribution is 2.46. The van der Waals surface area contributed by atoms with Crippen molar-refractivity contribution in [3.63, 3.8) is 0 Å². The fraction of sp³-hybridized carbons (Fsp3) is 0.242. The Morgan fingerprint density at radius 2 is 1.88 bits per heavy atom. The number of ketones is 1. The molecule has 1 aliphatic carbocycles. The number of Topliss-reactive ketones (excluding diaryl/α,β-unsaturated/α-hetero) is 1. The van der Waals surface area contributed by atoms with Crippen molar-refractivity contribution in [2.24, 2.45) is 0 Å². The summed E-state index contributed by atoms with van der Waals surface area (Å²) < 4.78 is 16.9. The van der Waals surface area contributed by atoms with Gasteiger partial charge in [0.1, 0.15) is 17.9 Å². The average Bonchev–Trinajstić information content (AvgIpc) is 3.51. The number of allylic oxidation sites excluding steroid dienone is 3. The number of aryl methyl sites for hydroxylation is 1. The molecular weight excluding hydrogens is 538 g/mol. The summed E-state index contributed by atoms with van der Waals surface area (Å²) in [4.78, 5) is 42.7. The third kappa shape index (κ3) is 5.00. The van der Waals surface area contributed by atoms with E-state index in [1.165, 1.54) is 6.26 Å². The molecule has 6 rings (SSSR count). The van der Waals surface area contributed by atoms with Crippen molar-refractivity contribution < 1.29 is 23.5 Å². The van der Waals surface area contributed by atoms with Crippen LogP contribution in [0.4, 0.5) is 0 Å². The van der Waals surface area contributed by atoms with E-state index in [2.05, 4.69) is 5.32 Å². The molecule has 208 valence electrons. The Morgan fingerprint density at radius 3 is 2.61 bits per heavy atom. The van der Waals surface area contributed by atoms with Crippen LogP contribution in [-0.2, 0) is 20.9 Å². The molecule has 1 aliphatic heterocycles. The summed E-state index contributed by atoms with van der Waals surface area (Å²) in [7, 11) is 1.59. The van der Waals surface area contributed by atoms with Crippen molar-refractivity contribution in [1.82, 2.24) is 5.32 Å². The van der Waals surface area contributed by atoms with Gasteiger partial charge in [0.15, 0.2) is 11.2 Å². The average molecular weight is 568 g/mol. The summed E-state index contributed by atoms with van der Waals surface area (Å²) in [5.41, 5.74) is 4.07. The third-order valence-corrected chi connectivity index (χ3v) is 8.82. The van der Waals surface area contributed by atoms with Crippen LogP contribution in [0.15, 0.2) is 98.0 Å². The molecule has 4 aromatic rings. The molecule has 0 amide bonds. The zero-order chi connectivity index (χ0) is 28.7. The van der Waals surface area contributed by atoms with Crippen LogP contribution in [0.5, 0.6) is 5.75 Å². The summed E-state index contributed by atoms with van der Waals surface area (Å²) in [5, 5.41) is 5.76. The Morgan fingerprint density at radius 1 is 1.07 bits per heavy atom. The van der Waals surface area contributed by atoms with Gasteiger partial charge in [-0.3, -0.25) is 9.59 Å². The number of hydrogen-bond donors (Lipinski definition) is 1. The van der Waals surface area contributed by atoms with Gasteiger partial charge in [0.2, 0.25) is 0 Å². The molecule has 2 aromatic carbocycles. The topological polar surface area (TPSA) is 94.8 Å². The fourth-order valence-electron chi connectivity index (χ4n) is 5.75. The molecule has 2 aliphatic rings. The molecule has 0 spiro atoms. The van der Waals surface area contributed by atoms with Crippen molar-refractivity contribution in [2.75, 3.05) is 7.11 Å². The number of carbonyl (C=O) groups is 2. The number of hydrogen-bond acceptors (Lipinski definition) is 8. The van der Waals surface area contributed by atoms with E-state index in [-0.39, 0.29) is 34.9 Å². The number of thiophene rings is 1. The minimum atomic E-state index is -0.910. The van der Waals surface area contributed by atoms with Crippen molar-refractivity contribution in [2.45, 2.75) is 45.1 Å². The van der Waals surface area contributed by atoms with Crippen LogP contribution in [-0.4, -0.2) is 18.9 Å². The maximum absolute atomic E-state index is 13.9. The van der Waals surface area contributed by atoms with Gasteiger partial charge in [0.25, 0.3) is 0 Å². The van der Waals surface area contributed by atoms with Crippen LogP contribution in [0.25, 0.3) is 11.0 Å². The molecule has 0 bridgehead atoms. The fourth-order valence-corrected chi connectivity index (χ4v) is 6.58. The van der Waals surface area contributed by atoms with E-state index in [9.17, 15) is 14.4 Å². The zero-order valence-corrected chi connectivity index (χ0v) is 23.8. The number of benzene rings is 2. The predicted octanol–water partition coefficient (Wildman–Crippen LogP) is 6.28. The molecule has 41 heavy (non-hydrogen) atoms. The Labute approximate surface area is 241 Å². The Bertz CT molecular complexity index is 1780. The van der Waals surface area contributed by atoms with E-state index < -0.39 is 11.9 Å². The quantitative estimate of drug-likeness (QED) is 0.274. The number of methoxy groups -OCH3 is 1. The second-order valence-electron chi connectivity index (χ2n) is 10.5. The molecule has 1 N–H and O–H groups in total. The second kappa shape index (κ2) is 10.9. The van der Waals surface area contributed by atoms with Crippen LogP contribution in [0.1, 0.15) is 53.2 Å². The first kappa shape index (κ1) is 26.8.